The van der Waals surface area contributed by atoms with Crippen molar-refractivity contribution in [3.05, 3.63) is 86.3 Å². The molecule has 0 aliphatic rings. The van der Waals surface area contributed by atoms with Crippen LogP contribution >= 0.6 is 11.6 Å². The number of nitrogens with zero attached hydrogens (tertiary/aromatic N) is 4. The number of amides is 1. The molecule has 9 nitrogen and oxygen atoms in total. The third kappa shape index (κ3) is 5.21. The average Bonchev–Trinajstić information content (AvgIpc) is 2.86. The van der Waals surface area contributed by atoms with Gasteiger partial charge in [0.15, 0.2) is 5.69 Å². The molecule has 0 bridgehead atoms. The van der Waals surface area contributed by atoms with Crippen molar-refractivity contribution < 1.29 is 19.1 Å². The lowest BCUT2D eigenvalue weighted by atomic mass is 9.96. The van der Waals surface area contributed by atoms with Crippen molar-refractivity contribution in [1.82, 2.24) is 14.5 Å². The first-order valence-corrected chi connectivity index (χ1v) is 11.6. The first kappa shape index (κ1) is 26.7. The van der Waals surface area contributed by atoms with Gasteiger partial charge in [-0.25, -0.2) is 9.78 Å². The molecule has 3 aromatic rings. The van der Waals surface area contributed by atoms with Gasteiger partial charge in [0.25, 0.3) is 11.5 Å². The smallest absolute Gasteiger partial charge is 0.361 e. The van der Waals surface area contributed by atoms with E-state index in [1.54, 1.807) is 58.2 Å². The van der Waals surface area contributed by atoms with Gasteiger partial charge in [0.2, 0.25) is 11.7 Å². The molecule has 10 heteroatoms. The number of esters is 1. The van der Waals surface area contributed by atoms with Crippen LogP contribution in [0.4, 0.5) is 5.95 Å². The Morgan fingerprint density at radius 2 is 1.78 bits per heavy atom. The maximum absolute atomic E-state index is 13.1. The second-order valence-electron chi connectivity index (χ2n) is 8.24. The van der Waals surface area contributed by atoms with Crippen LogP contribution < -0.4 is 15.2 Å². The first-order valence-electron chi connectivity index (χ1n) is 11.2. The zero-order valence-electron chi connectivity index (χ0n) is 21.1. The summed E-state index contributed by atoms with van der Waals surface area (Å²) in [6.07, 6.45) is 0. The van der Waals surface area contributed by atoms with Gasteiger partial charge >= 0.3 is 5.97 Å². The monoisotopic (exact) mass is 512 g/mol. The molecule has 0 fully saturated rings. The highest BCUT2D eigenvalue weighted by atomic mass is 35.5. The van der Waals surface area contributed by atoms with Crippen molar-refractivity contribution in [2.75, 3.05) is 39.8 Å². The molecule has 0 radical (unpaired) electrons. The fraction of sp³-hybridized carbons (Fsp3) is 0.308. The third-order valence-corrected chi connectivity index (χ3v) is 5.99. The Bertz CT molecular complexity index is 1320. The molecule has 0 aliphatic carbocycles. The lowest BCUT2D eigenvalue weighted by molar-refractivity contribution is 0.0514. The Labute approximate surface area is 214 Å². The minimum absolute atomic E-state index is 0.115. The number of anilines is 1. The quantitative estimate of drug-likeness (QED) is 0.426. The Hall–Kier alpha value is -3.85. The molecule has 0 spiro atoms. The summed E-state index contributed by atoms with van der Waals surface area (Å²) in [5.41, 5.74) is 1.24. The van der Waals surface area contributed by atoms with Crippen molar-refractivity contribution in [2.24, 2.45) is 7.05 Å². The van der Waals surface area contributed by atoms with Crippen molar-refractivity contribution >= 4 is 29.4 Å². The fourth-order valence-electron chi connectivity index (χ4n) is 3.91. The lowest BCUT2D eigenvalue weighted by Gasteiger charge is -2.32. The van der Waals surface area contributed by atoms with E-state index in [0.717, 1.165) is 5.56 Å². The van der Waals surface area contributed by atoms with Crippen LogP contribution in [0.2, 0.25) is 5.02 Å². The van der Waals surface area contributed by atoms with E-state index in [-0.39, 0.29) is 29.9 Å². The van der Waals surface area contributed by atoms with E-state index >= 15 is 0 Å². The summed E-state index contributed by atoms with van der Waals surface area (Å²) in [5, 5.41) is 0.368. The minimum atomic E-state index is -0.762. The summed E-state index contributed by atoms with van der Waals surface area (Å²) >= 11 is 6.72. The molecule has 1 unspecified atom stereocenters. The van der Waals surface area contributed by atoms with Crippen molar-refractivity contribution in [1.29, 1.82) is 0 Å². The number of rotatable bonds is 8. The van der Waals surface area contributed by atoms with E-state index in [4.69, 9.17) is 21.1 Å². The van der Waals surface area contributed by atoms with E-state index < -0.39 is 17.6 Å². The molecule has 1 atom stereocenters. The zero-order valence-corrected chi connectivity index (χ0v) is 21.9. The van der Waals surface area contributed by atoms with Crippen molar-refractivity contribution in [3.8, 4) is 5.75 Å². The van der Waals surface area contributed by atoms with Gasteiger partial charge in [0, 0.05) is 38.8 Å². The Balaban J connectivity index is 2.22. The first-order chi connectivity index (χ1) is 17.1. The number of hydrogen-bond donors (Lipinski definition) is 0. The number of carbonyl (C=O) groups excluding carboxylic acids is 2. The molecule has 0 aliphatic heterocycles. The number of ether oxygens (including phenoxy) is 2. The fourth-order valence-corrected chi connectivity index (χ4v) is 4.19. The Kier molecular flexibility index (Phi) is 8.37. The highest BCUT2D eigenvalue weighted by Crippen LogP contribution is 2.35. The summed E-state index contributed by atoms with van der Waals surface area (Å²) in [6, 6.07) is 14.1. The molecule has 190 valence electrons. The molecule has 0 saturated heterocycles. The van der Waals surface area contributed by atoms with Gasteiger partial charge < -0.3 is 19.3 Å². The van der Waals surface area contributed by atoms with E-state index in [1.165, 1.54) is 16.6 Å². The van der Waals surface area contributed by atoms with Gasteiger partial charge in [-0.15, -0.1) is 0 Å². The van der Waals surface area contributed by atoms with Crippen LogP contribution in [-0.4, -0.2) is 61.2 Å². The van der Waals surface area contributed by atoms with Gasteiger partial charge in [-0.2, -0.15) is 0 Å². The van der Waals surface area contributed by atoms with Crippen LogP contribution in [-0.2, 0) is 11.8 Å². The third-order valence-electron chi connectivity index (χ3n) is 5.66. The summed E-state index contributed by atoms with van der Waals surface area (Å²) in [5.74, 6) is -0.940. The minimum Gasteiger partial charge on any atom is -0.489 e. The highest BCUT2D eigenvalue weighted by Gasteiger charge is 2.29. The topological polar surface area (TPSA) is 94.0 Å². The molecular weight excluding hydrogens is 484 g/mol. The molecule has 36 heavy (non-hydrogen) atoms. The van der Waals surface area contributed by atoms with E-state index in [2.05, 4.69) is 4.98 Å². The normalized spacial score (nSPS) is 11.5. The van der Waals surface area contributed by atoms with E-state index in [9.17, 15) is 14.4 Å². The molecule has 3 rings (SSSR count). The van der Waals surface area contributed by atoms with Crippen molar-refractivity contribution in [3.63, 3.8) is 0 Å². The summed E-state index contributed by atoms with van der Waals surface area (Å²) in [7, 11) is 7.92. The molecule has 1 heterocycles. The van der Waals surface area contributed by atoms with Crippen LogP contribution in [0.1, 0.15) is 44.9 Å². The summed E-state index contributed by atoms with van der Waals surface area (Å²) in [4.78, 5) is 45.8. The number of hydrogen-bond acceptors (Lipinski definition) is 7. The zero-order chi connectivity index (χ0) is 26.6. The predicted octanol–water partition coefficient (Wildman–Crippen LogP) is 3.55. The largest absolute Gasteiger partial charge is 0.489 e. The maximum atomic E-state index is 13.1. The molecule has 1 aromatic heterocycles. The molecule has 0 saturated carbocycles. The second kappa shape index (κ2) is 11.3. The summed E-state index contributed by atoms with van der Waals surface area (Å²) < 4.78 is 11.6. The predicted molar refractivity (Wildman–Crippen MR) is 138 cm³/mol. The average molecular weight is 513 g/mol. The van der Waals surface area contributed by atoms with Crippen LogP contribution in [0.3, 0.4) is 0 Å². The Morgan fingerprint density at radius 3 is 2.33 bits per heavy atom. The van der Waals surface area contributed by atoms with Crippen LogP contribution in [0.5, 0.6) is 5.75 Å². The second-order valence-corrected chi connectivity index (χ2v) is 8.65. The van der Waals surface area contributed by atoms with Crippen LogP contribution in [0, 0.1) is 0 Å². The van der Waals surface area contributed by atoms with E-state index in [0.29, 0.717) is 16.1 Å². The standard InChI is InChI=1S/C26H29ClN4O5/c1-7-36-25(34)20-22(35-6)24(33)31(5)26(28-20)30(4)21(16-11-9-8-10-12-16)18-14-13-17(15-19(18)27)23(32)29(2)3/h8-15,21H,7H2,1-6H3. The van der Waals surface area contributed by atoms with Gasteiger partial charge in [-0.05, 0) is 30.2 Å². The van der Waals surface area contributed by atoms with Crippen LogP contribution in [0.15, 0.2) is 53.3 Å². The number of carbonyl (C=O) groups is 2. The number of methoxy groups -OCH3 is 1. The highest BCUT2D eigenvalue weighted by molar-refractivity contribution is 6.31. The van der Waals surface area contributed by atoms with Crippen LogP contribution in [0.25, 0.3) is 0 Å². The Morgan fingerprint density at radius 1 is 1.11 bits per heavy atom. The number of aromatic nitrogens is 2. The van der Waals surface area contributed by atoms with E-state index in [1.807, 2.05) is 30.3 Å². The van der Waals surface area contributed by atoms with Crippen molar-refractivity contribution in [2.45, 2.75) is 13.0 Å². The molecule has 0 N–H and O–H groups in total. The summed E-state index contributed by atoms with van der Waals surface area (Å²) in [6.45, 7) is 1.78. The van der Waals surface area contributed by atoms with Gasteiger partial charge in [-0.3, -0.25) is 14.2 Å². The molecule has 2 aromatic carbocycles. The SMILES string of the molecule is CCOC(=O)c1nc(N(C)C(c2ccccc2)c2ccc(C(=O)N(C)C)cc2Cl)n(C)c(=O)c1OC. The number of benzene rings is 2. The number of halogens is 1. The van der Waals surface area contributed by atoms with Gasteiger partial charge in [0.1, 0.15) is 0 Å². The maximum Gasteiger partial charge on any atom is 0.361 e. The molecular formula is C26H29ClN4O5. The molecule has 1 amide bonds. The lowest BCUT2D eigenvalue weighted by Crippen LogP contribution is -2.34. The van der Waals surface area contributed by atoms with Gasteiger partial charge in [-0.1, -0.05) is 48.0 Å². The van der Waals surface area contributed by atoms with Gasteiger partial charge in [0.05, 0.1) is 19.8 Å².